The van der Waals surface area contributed by atoms with E-state index in [0.717, 1.165) is 11.1 Å². The SMILES string of the molecule is Oc1nc(NCc2cccc(OC(F)F)c2)[nH]c1C=C1C=Nc2ncc(Cl)cc21. The number of aromatic nitrogens is 3. The lowest BCUT2D eigenvalue weighted by Crippen LogP contribution is -2.04. The quantitative estimate of drug-likeness (QED) is 0.543. The molecule has 3 aromatic rings. The van der Waals surface area contributed by atoms with Crippen molar-refractivity contribution in [1.82, 2.24) is 15.0 Å². The molecule has 29 heavy (non-hydrogen) atoms. The number of rotatable bonds is 6. The molecule has 0 unspecified atom stereocenters. The summed E-state index contributed by atoms with van der Waals surface area (Å²) in [5.74, 6) is 0.725. The second-order valence-electron chi connectivity index (χ2n) is 6.08. The smallest absolute Gasteiger partial charge is 0.387 e. The van der Waals surface area contributed by atoms with Crippen molar-refractivity contribution in [2.45, 2.75) is 13.2 Å². The third-order valence-corrected chi connectivity index (χ3v) is 4.27. The van der Waals surface area contributed by atoms with Gasteiger partial charge in [-0.1, -0.05) is 23.7 Å². The number of aliphatic imine (C=N–C) groups is 1. The standard InChI is InChI=1S/C19H14ClF2N5O2/c20-12-6-14-11(8-23-16(14)24-9-12)5-15-17(28)27-19(26-15)25-7-10-2-1-3-13(4-10)29-18(21)22/h1-6,8-9,18,28H,7H2,(H2,25,26,27). The Bertz CT molecular complexity index is 1110. The molecule has 0 bridgehead atoms. The normalized spacial score (nSPS) is 13.9. The summed E-state index contributed by atoms with van der Waals surface area (Å²) in [4.78, 5) is 15.3. The number of fused-ring (bicyclic) bond motifs is 1. The van der Waals surface area contributed by atoms with Crippen LogP contribution < -0.4 is 10.1 Å². The summed E-state index contributed by atoms with van der Waals surface area (Å²) >= 11 is 5.99. The summed E-state index contributed by atoms with van der Waals surface area (Å²) in [7, 11) is 0. The molecular formula is C19H14ClF2N5O2. The summed E-state index contributed by atoms with van der Waals surface area (Å²) in [6.45, 7) is -2.60. The molecular weight excluding hydrogens is 404 g/mol. The van der Waals surface area contributed by atoms with Crippen LogP contribution in [0, 0.1) is 0 Å². The van der Waals surface area contributed by atoms with Gasteiger partial charge in [-0.05, 0) is 29.8 Å². The Morgan fingerprint density at radius 1 is 1.31 bits per heavy atom. The number of nitrogens with zero attached hydrogens (tertiary/aromatic N) is 3. The molecule has 0 saturated heterocycles. The van der Waals surface area contributed by atoms with Crippen LogP contribution in [0.3, 0.4) is 0 Å². The predicted octanol–water partition coefficient (Wildman–Crippen LogP) is 4.63. The first kappa shape index (κ1) is 18.9. The average Bonchev–Trinajstić information content (AvgIpc) is 3.23. The van der Waals surface area contributed by atoms with E-state index in [1.807, 2.05) is 0 Å². The molecule has 148 valence electrons. The van der Waals surface area contributed by atoms with Crippen LogP contribution in [0.4, 0.5) is 20.5 Å². The number of allylic oxidation sites excluding steroid dienone is 1. The average molecular weight is 418 g/mol. The number of aromatic amines is 1. The lowest BCUT2D eigenvalue weighted by Gasteiger charge is -2.07. The van der Waals surface area contributed by atoms with Crippen LogP contribution >= 0.6 is 11.6 Å². The van der Waals surface area contributed by atoms with Gasteiger partial charge in [0.05, 0.1) is 5.02 Å². The number of H-pyrrole nitrogens is 1. The van der Waals surface area contributed by atoms with E-state index in [0.29, 0.717) is 28.0 Å². The van der Waals surface area contributed by atoms with Crippen molar-refractivity contribution in [2.24, 2.45) is 4.99 Å². The third kappa shape index (κ3) is 4.35. The van der Waals surface area contributed by atoms with Crippen molar-refractivity contribution in [3.63, 3.8) is 0 Å². The molecule has 1 aromatic carbocycles. The number of aromatic hydroxyl groups is 1. The molecule has 0 saturated carbocycles. The highest BCUT2D eigenvalue weighted by Crippen LogP contribution is 2.33. The van der Waals surface area contributed by atoms with Gasteiger partial charge in [-0.25, -0.2) is 9.98 Å². The molecule has 1 aliphatic rings. The monoisotopic (exact) mass is 417 g/mol. The van der Waals surface area contributed by atoms with Crippen LogP contribution in [0.1, 0.15) is 16.8 Å². The minimum absolute atomic E-state index is 0.0680. The predicted molar refractivity (Wildman–Crippen MR) is 106 cm³/mol. The third-order valence-electron chi connectivity index (χ3n) is 4.07. The molecule has 0 amide bonds. The number of halogens is 3. The van der Waals surface area contributed by atoms with Crippen LogP contribution in [0.2, 0.25) is 5.02 Å². The van der Waals surface area contributed by atoms with Crippen molar-refractivity contribution >= 4 is 41.2 Å². The molecule has 7 nitrogen and oxygen atoms in total. The highest BCUT2D eigenvalue weighted by molar-refractivity contribution is 6.31. The van der Waals surface area contributed by atoms with E-state index in [2.05, 4.69) is 30.0 Å². The van der Waals surface area contributed by atoms with Gasteiger partial charge in [0.2, 0.25) is 11.8 Å². The molecule has 3 N–H and O–H groups in total. The summed E-state index contributed by atoms with van der Waals surface area (Å²) in [5, 5.41) is 13.6. The second kappa shape index (κ2) is 7.88. The molecule has 0 aliphatic carbocycles. The molecule has 0 spiro atoms. The highest BCUT2D eigenvalue weighted by atomic mass is 35.5. The number of nitrogens with one attached hydrogen (secondary N) is 2. The first-order chi connectivity index (χ1) is 14.0. The van der Waals surface area contributed by atoms with E-state index in [4.69, 9.17) is 11.6 Å². The zero-order chi connectivity index (χ0) is 20.4. The molecule has 10 heteroatoms. The van der Waals surface area contributed by atoms with E-state index in [9.17, 15) is 13.9 Å². The van der Waals surface area contributed by atoms with E-state index in [1.165, 1.54) is 18.3 Å². The van der Waals surface area contributed by atoms with E-state index in [-0.39, 0.29) is 18.2 Å². The molecule has 2 aromatic heterocycles. The fraction of sp³-hybridized carbons (Fsp3) is 0.105. The lowest BCUT2D eigenvalue weighted by molar-refractivity contribution is -0.0498. The largest absolute Gasteiger partial charge is 0.492 e. The maximum absolute atomic E-state index is 12.3. The number of anilines is 1. The summed E-state index contributed by atoms with van der Waals surface area (Å²) in [6.07, 6.45) is 4.81. The Hall–Kier alpha value is -3.46. The molecule has 3 heterocycles. The van der Waals surface area contributed by atoms with Crippen molar-refractivity contribution < 1.29 is 18.6 Å². The van der Waals surface area contributed by atoms with Crippen LogP contribution in [-0.4, -0.2) is 32.9 Å². The number of alkyl halides is 2. The molecule has 4 rings (SSSR count). The van der Waals surface area contributed by atoms with E-state index < -0.39 is 6.61 Å². The number of pyridine rings is 1. The molecule has 0 radical (unpaired) electrons. The Balaban J connectivity index is 1.49. The first-order valence-corrected chi connectivity index (χ1v) is 8.84. The van der Waals surface area contributed by atoms with Crippen molar-refractivity contribution in [3.05, 3.63) is 58.4 Å². The van der Waals surface area contributed by atoms with Gasteiger partial charge in [-0.15, -0.1) is 0 Å². The van der Waals surface area contributed by atoms with Gasteiger partial charge in [0.1, 0.15) is 11.4 Å². The van der Waals surface area contributed by atoms with Crippen molar-refractivity contribution in [3.8, 4) is 11.6 Å². The zero-order valence-corrected chi connectivity index (χ0v) is 15.5. The minimum atomic E-state index is -2.88. The number of hydrogen-bond donors (Lipinski definition) is 3. The van der Waals surface area contributed by atoms with Crippen LogP contribution in [0.5, 0.6) is 11.6 Å². The Morgan fingerprint density at radius 2 is 2.17 bits per heavy atom. The zero-order valence-electron chi connectivity index (χ0n) is 14.7. The Kier molecular flexibility index (Phi) is 5.13. The van der Waals surface area contributed by atoms with Gasteiger partial charge in [0.15, 0.2) is 5.82 Å². The van der Waals surface area contributed by atoms with Crippen molar-refractivity contribution in [2.75, 3.05) is 5.32 Å². The van der Waals surface area contributed by atoms with Crippen LogP contribution in [0.25, 0.3) is 11.6 Å². The minimum Gasteiger partial charge on any atom is -0.492 e. The Morgan fingerprint density at radius 3 is 3.00 bits per heavy atom. The van der Waals surface area contributed by atoms with Gasteiger partial charge in [0.25, 0.3) is 0 Å². The summed E-state index contributed by atoms with van der Waals surface area (Å²) in [5.41, 5.74) is 2.54. The maximum atomic E-state index is 12.3. The number of benzene rings is 1. The van der Waals surface area contributed by atoms with Crippen LogP contribution in [-0.2, 0) is 6.54 Å². The van der Waals surface area contributed by atoms with Crippen LogP contribution in [0.15, 0.2) is 41.5 Å². The fourth-order valence-corrected chi connectivity index (χ4v) is 2.96. The van der Waals surface area contributed by atoms with Gasteiger partial charge < -0.3 is 20.1 Å². The van der Waals surface area contributed by atoms with Gasteiger partial charge in [-0.3, -0.25) is 0 Å². The molecule has 0 fully saturated rings. The number of imidazole rings is 1. The van der Waals surface area contributed by atoms with Gasteiger partial charge >= 0.3 is 6.61 Å². The lowest BCUT2D eigenvalue weighted by atomic mass is 10.1. The fourth-order valence-electron chi connectivity index (χ4n) is 2.80. The Labute approximate surface area is 168 Å². The van der Waals surface area contributed by atoms with E-state index >= 15 is 0 Å². The number of ether oxygens (including phenoxy) is 1. The second-order valence-corrected chi connectivity index (χ2v) is 6.52. The van der Waals surface area contributed by atoms with E-state index in [1.54, 1.807) is 30.5 Å². The number of hydrogen-bond acceptors (Lipinski definition) is 6. The first-order valence-electron chi connectivity index (χ1n) is 8.46. The topological polar surface area (TPSA) is 95.4 Å². The van der Waals surface area contributed by atoms with Gasteiger partial charge in [-0.2, -0.15) is 13.8 Å². The molecule has 0 atom stereocenters. The molecule has 1 aliphatic heterocycles. The van der Waals surface area contributed by atoms with Gasteiger partial charge in [0, 0.05) is 30.1 Å². The summed E-state index contributed by atoms with van der Waals surface area (Å²) in [6, 6.07) is 8.04. The maximum Gasteiger partial charge on any atom is 0.387 e. The highest BCUT2D eigenvalue weighted by Gasteiger charge is 2.16. The van der Waals surface area contributed by atoms with Crippen molar-refractivity contribution in [1.29, 1.82) is 0 Å². The summed E-state index contributed by atoms with van der Waals surface area (Å²) < 4.78 is 29.0.